The Morgan fingerprint density at radius 1 is 1.37 bits per heavy atom. The summed E-state index contributed by atoms with van der Waals surface area (Å²) in [5.74, 6) is 0. The number of hydrogen-bond donors (Lipinski definition) is 2. The molecule has 1 aromatic rings. The Morgan fingerprint density at radius 3 is 2.53 bits per heavy atom. The zero-order valence-corrected chi connectivity index (χ0v) is 12.9. The van der Waals surface area contributed by atoms with Crippen molar-refractivity contribution in [2.75, 3.05) is 26.0 Å². The number of aryl methyl sites for hydroxylation is 1. The van der Waals surface area contributed by atoms with Gasteiger partial charge in [-0.25, -0.2) is 4.79 Å². The van der Waals surface area contributed by atoms with E-state index in [1.54, 1.807) is 6.07 Å². The molecular formula is C14H22ClN3O. The van der Waals surface area contributed by atoms with Gasteiger partial charge < -0.3 is 15.5 Å². The van der Waals surface area contributed by atoms with Crippen molar-refractivity contribution in [2.24, 2.45) is 0 Å². The summed E-state index contributed by atoms with van der Waals surface area (Å²) in [6.45, 7) is 6.61. The predicted octanol–water partition coefficient (Wildman–Crippen LogP) is 3.11. The van der Waals surface area contributed by atoms with Gasteiger partial charge in [-0.2, -0.15) is 0 Å². The summed E-state index contributed by atoms with van der Waals surface area (Å²) >= 11 is 6.01. The first-order valence-electron chi connectivity index (χ1n) is 6.21. The highest BCUT2D eigenvalue weighted by Crippen LogP contribution is 2.19. The number of amides is 2. The largest absolute Gasteiger partial charge is 0.336 e. The number of halogens is 1. The van der Waals surface area contributed by atoms with Crippen molar-refractivity contribution in [1.82, 2.24) is 10.2 Å². The number of likely N-dealkylation sites (N-methyl/N-ethyl adjacent to an activating group) is 1. The number of nitrogens with zero attached hydrogens (tertiary/aromatic N) is 1. The van der Waals surface area contributed by atoms with Gasteiger partial charge in [-0.1, -0.05) is 17.7 Å². The lowest BCUT2D eigenvalue weighted by molar-refractivity contribution is 0.189. The van der Waals surface area contributed by atoms with Gasteiger partial charge in [-0.05, 0) is 52.6 Å². The van der Waals surface area contributed by atoms with Crippen LogP contribution in [-0.4, -0.2) is 37.1 Å². The number of anilines is 1. The fourth-order valence-corrected chi connectivity index (χ4v) is 1.48. The Labute approximate surface area is 120 Å². The molecule has 0 aliphatic rings. The molecule has 0 saturated heterocycles. The van der Waals surface area contributed by atoms with Crippen LogP contribution in [0.5, 0.6) is 0 Å². The van der Waals surface area contributed by atoms with Crippen LogP contribution in [0.3, 0.4) is 0 Å². The van der Waals surface area contributed by atoms with E-state index < -0.39 is 0 Å². The van der Waals surface area contributed by atoms with Crippen LogP contribution in [0.1, 0.15) is 19.4 Å². The zero-order valence-electron chi connectivity index (χ0n) is 12.2. The van der Waals surface area contributed by atoms with E-state index in [0.717, 1.165) is 5.56 Å². The number of rotatable bonds is 4. The molecule has 0 unspecified atom stereocenters. The van der Waals surface area contributed by atoms with Crippen molar-refractivity contribution in [1.29, 1.82) is 0 Å². The van der Waals surface area contributed by atoms with E-state index in [0.29, 0.717) is 17.3 Å². The molecule has 1 rings (SSSR count). The summed E-state index contributed by atoms with van der Waals surface area (Å²) in [6.07, 6.45) is 0. The summed E-state index contributed by atoms with van der Waals surface area (Å²) < 4.78 is 0. The quantitative estimate of drug-likeness (QED) is 0.892. The summed E-state index contributed by atoms with van der Waals surface area (Å²) in [4.78, 5) is 13.9. The second-order valence-corrected chi connectivity index (χ2v) is 5.89. The standard InChI is InChI=1S/C14H22ClN3O/c1-10-6-7-11(8-12(10)15)17-13(19)16-9-14(2,3)18(4)5/h6-8H,9H2,1-5H3,(H2,16,17,19). The van der Waals surface area contributed by atoms with Crippen molar-refractivity contribution in [3.63, 3.8) is 0 Å². The van der Waals surface area contributed by atoms with Gasteiger partial charge in [0.2, 0.25) is 0 Å². The molecule has 106 valence electrons. The third-order valence-electron chi connectivity index (χ3n) is 3.32. The Bertz CT molecular complexity index is 458. The van der Waals surface area contributed by atoms with Crippen molar-refractivity contribution >= 4 is 23.3 Å². The van der Waals surface area contributed by atoms with E-state index in [9.17, 15) is 4.79 Å². The maximum atomic E-state index is 11.8. The minimum atomic E-state index is -0.227. The van der Waals surface area contributed by atoms with Crippen LogP contribution < -0.4 is 10.6 Å². The lowest BCUT2D eigenvalue weighted by Gasteiger charge is -2.32. The minimum Gasteiger partial charge on any atom is -0.336 e. The Morgan fingerprint density at radius 2 is 2.00 bits per heavy atom. The summed E-state index contributed by atoms with van der Waals surface area (Å²) in [7, 11) is 3.97. The molecule has 0 spiro atoms. The molecule has 19 heavy (non-hydrogen) atoms. The highest BCUT2D eigenvalue weighted by Gasteiger charge is 2.20. The number of nitrogens with one attached hydrogen (secondary N) is 2. The molecule has 0 fully saturated rings. The highest BCUT2D eigenvalue weighted by atomic mass is 35.5. The first-order chi connectivity index (χ1) is 8.72. The first-order valence-corrected chi connectivity index (χ1v) is 6.58. The topological polar surface area (TPSA) is 44.4 Å². The average Bonchev–Trinajstić information content (AvgIpc) is 2.31. The van der Waals surface area contributed by atoms with E-state index in [4.69, 9.17) is 11.6 Å². The van der Waals surface area contributed by atoms with Crippen LogP contribution in [0.2, 0.25) is 5.02 Å². The van der Waals surface area contributed by atoms with Gasteiger partial charge >= 0.3 is 6.03 Å². The van der Waals surface area contributed by atoms with Crippen LogP contribution in [0, 0.1) is 6.92 Å². The average molecular weight is 284 g/mol. The molecule has 0 aromatic heterocycles. The second kappa shape index (κ2) is 6.26. The number of carbonyl (C=O) groups is 1. The highest BCUT2D eigenvalue weighted by molar-refractivity contribution is 6.31. The Balaban J connectivity index is 2.54. The summed E-state index contributed by atoms with van der Waals surface area (Å²) in [5.41, 5.74) is 1.58. The summed E-state index contributed by atoms with van der Waals surface area (Å²) in [5, 5.41) is 6.27. The second-order valence-electron chi connectivity index (χ2n) is 5.48. The first kappa shape index (κ1) is 15.8. The molecule has 0 saturated carbocycles. The van der Waals surface area contributed by atoms with E-state index in [1.165, 1.54) is 0 Å². The predicted molar refractivity (Wildman–Crippen MR) is 81.0 cm³/mol. The van der Waals surface area contributed by atoms with Crippen molar-refractivity contribution in [2.45, 2.75) is 26.3 Å². The molecule has 0 aliphatic carbocycles. The smallest absolute Gasteiger partial charge is 0.319 e. The van der Waals surface area contributed by atoms with Crippen LogP contribution >= 0.6 is 11.6 Å². The molecule has 2 N–H and O–H groups in total. The van der Waals surface area contributed by atoms with Crippen molar-refractivity contribution in [3.8, 4) is 0 Å². The number of hydrogen-bond acceptors (Lipinski definition) is 2. The van der Waals surface area contributed by atoms with Gasteiger partial charge in [-0.15, -0.1) is 0 Å². The van der Waals surface area contributed by atoms with E-state index in [2.05, 4.69) is 29.4 Å². The molecule has 0 aliphatic heterocycles. The van der Waals surface area contributed by atoms with Gasteiger partial charge in [0.25, 0.3) is 0 Å². The molecular weight excluding hydrogens is 262 g/mol. The lowest BCUT2D eigenvalue weighted by atomic mass is 10.1. The monoisotopic (exact) mass is 283 g/mol. The fourth-order valence-electron chi connectivity index (χ4n) is 1.30. The summed E-state index contributed by atoms with van der Waals surface area (Å²) in [6, 6.07) is 5.22. The lowest BCUT2D eigenvalue weighted by Crippen LogP contribution is -2.49. The molecule has 2 amide bonds. The van der Waals surface area contributed by atoms with Crippen LogP contribution in [0.15, 0.2) is 18.2 Å². The fraction of sp³-hybridized carbons (Fsp3) is 0.500. The van der Waals surface area contributed by atoms with Gasteiger partial charge in [0.1, 0.15) is 0 Å². The van der Waals surface area contributed by atoms with E-state index in [1.807, 2.05) is 33.2 Å². The SMILES string of the molecule is Cc1ccc(NC(=O)NCC(C)(C)N(C)C)cc1Cl. The molecule has 0 radical (unpaired) electrons. The van der Waals surface area contributed by atoms with Gasteiger partial charge in [0.05, 0.1) is 0 Å². The van der Waals surface area contributed by atoms with Gasteiger partial charge in [0.15, 0.2) is 0 Å². The maximum Gasteiger partial charge on any atom is 0.319 e. The molecule has 4 nitrogen and oxygen atoms in total. The van der Waals surface area contributed by atoms with Crippen molar-refractivity contribution < 1.29 is 4.79 Å². The number of benzene rings is 1. The van der Waals surface area contributed by atoms with E-state index >= 15 is 0 Å². The minimum absolute atomic E-state index is 0.0950. The number of carbonyl (C=O) groups excluding carboxylic acids is 1. The van der Waals surface area contributed by atoms with Crippen LogP contribution in [0.4, 0.5) is 10.5 Å². The number of urea groups is 1. The molecule has 0 heterocycles. The van der Waals surface area contributed by atoms with Gasteiger partial charge in [-0.3, -0.25) is 0 Å². The molecule has 0 atom stereocenters. The molecule has 1 aromatic carbocycles. The third-order valence-corrected chi connectivity index (χ3v) is 3.73. The Hall–Kier alpha value is -1.26. The molecule has 0 bridgehead atoms. The van der Waals surface area contributed by atoms with Gasteiger partial charge in [0, 0.05) is 22.8 Å². The third kappa shape index (κ3) is 4.73. The maximum absolute atomic E-state index is 11.8. The normalized spacial score (nSPS) is 11.5. The Kier molecular flexibility index (Phi) is 5.20. The van der Waals surface area contributed by atoms with E-state index in [-0.39, 0.29) is 11.6 Å². The van der Waals surface area contributed by atoms with Crippen LogP contribution in [0.25, 0.3) is 0 Å². The zero-order chi connectivity index (χ0) is 14.6. The molecule has 5 heteroatoms. The van der Waals surface area contributed by atoms with Crippen LogP contribution in [-0.2, 0) is 0 Å². The van der Waals surface area contributed by atoms with Crippen molar-refractivity contribution in [3.05, 3.63) is 28.8 Å².